The molecule has 0 spiro atoms. The van der Waals surface area contributed by atoms with Gasteiger partial charge in [0.05, 0.1) is 12.0 Å². The average Bonchev–Trinajstić information content (AvgIpc) is 2.24. The topological polar surface area (TPSA) is 43.4 Å². The molecule has 1 rings (SSSR count). The van der Waals surface area contributed by atoms with Gasteiger partial charge in [-0.3, -0.25) is 9.59 Å². The summed E-state index contributed by atoms with van der Waals surface area (Å²) in [7, 11) is 0. The molecule has 0 amide bonds. The van der Waals surface area contributed by atoms with Crippen LogP contribution < -0.4 is 0 Å². The quantitative estimate of drug-likeness (QED) is 0.562. The Hall–Kier alpha value is -1.38. The number of rotatable bonds is 5. The van der Waals surface area contributed by atoms with Gasteiger partial charge in [0.25, 0.3) is 0 Å². The smallest absolute Gasteiger partial charge is 0.313 e. The predicted octanol–water partition coefficient (Wildman–Crippen LogP) is 4.23. The molecule has 0 saturated heterocycles. The number of hydrogen-bond donors (Lipinski definition) is 0. The van der Waals surface area contributed by atoms with Gasteiger partial charge in [-0.1, -0.05) is 31.1 Å². The van der Waals surface area contributed by atoms with Crippen molar-refractivity contribution in [2.45, 2.75) is 66.9 Å². The number of hydrogen-bond acceptors (Lipinski definition) is 3. The molecule has 118 valence electrons. The first kappa shape index (κ1) is 17.7. The van der Waals surface area contributed by atoms with E-state index in [9.17, 15) is 9.59 Å². The molecule has 0 aliphatic heterocycles. The van der Waals surface area contributed by atoms with Crippen molar-refractivity contribution < 1.29 is 14.3 Å². The summed E-state index contributed by atoms with van der Waals surface area (Å²) in [5, 5.41) is 0. The highest BCUT2D eigenvalue weighted by Crippen LogP contribution is 2.40. The van der Waals surface area contributed by atoms with Crippen molar-refractivity contribution in [1.29, 1.82) is 0 Å². The van der Waals surface area contributed by atoms with Gasteiger partial charge in [0.15, 0.2) is 5.78 Å². The van der Waals surface area contributed by atoms with Crippen LogP contribution in [-0.4, -0.2) is 17.9 Å². The third-order valence-electron chi connectivity index (χ3n) is 3.93. The van der Waals surface area contributed by atoms with Gasteiger partial charge in [-0.05, 0) is 52.0 Å². The van der Waals surface area contributed by atoms with Gasteiger partial charge < -0.3 is 4.74 Å². The molecule has 1 aliphatic carbocycles. The molecular formula is C18H28O3. The van der Waals surface area contributed by atoms with Crippen LogP contribution in [0.15, 0.2) is 23.3 Å². The van der Waals surface area contributed by atoms with E-state index in [2.05, 4.69) is 19.9 Å². The van der Waals surface area contributed by atoms with E-state index in [0.717, 1.165) is 18.4 Å². The maximum atomic E-state index is 12.4. The van der Waals surface area contributed by atoms with Crippen LogP contribution in [-0.2, 0) is 14.3 Å². The zero-order valence-corrected chi connectivity index (χ0v) is 14.2. The molecule has 0 bridgehead atoms. The van der Waals surface area contributed by atoms with E-state index < -0.39 is 0 Å². The third kappa shape index (κ3) is 5.14. The average molecular weight is 292 g/mol. The highest BCUT2D eigenvalue weighted by atomic mass is 16.5. The maximum Gasteiger partial charge on any atom is 0.313 e. The molecule has 2 unspecified atom stereocenters. The first-order valence-electron chi connectivity index (χ1n) is 7.68. The lowest BCUT2D eigenvalue weighted by molar-refractivity contribution is -0.156. The van der Waals surface area contributed by atoms with Crippen LogP contribution in [0.25, 0.3) is 0 Å². The number of esters is 1. The molecule has 1 aliphatic rings. The van der Waals surface area contributed by atoms with Crippen LogP contribution in [0.2, 0.25) is 0 Å². The van der Waals surface area contributed by atoms with Gasteiger partial charge in [-0.15, -0.1) is 0 Å². The molecule has 3 nitrogen and oxygen atoms in total. The fourth-order valence-electron chi connectivity index (χ4n) is 2.99. The fraction of sp³-hybridized carbons (Fsp3) is 0.667. The molecule has 0 N–H and O–H groups in total. The predicted molar refractivity (Wildman–Crippen MR) is 84.9 cm³/mol. The van der Waals surface area contributed by atoms with E-state index in [4.69, 9.17) is 4.74 Å². The molecule has 0 aromatic rings. The van der Waals surface area contributed by atoms with Crippen LogP contribution in [0.3, 0.4) is 0 Å². The lowest BCUT2D eigenvalue weighted by Gasteiger charge is -2.36. The van der Waals surface area contributed by atoms with Crippen molar-refractivity contribution in [3.63, 3.8) is 0 Å². The normalized spacial score (nSPS) is 22.3. The number of ether oxygens (including phenoxy) is 1. The Bertz CT molecular complexity index is 465. The summed E-state index contributed by atoms with van der Waals surface area (Å²) in [5.74, 6) is -0.426. The van der Waals surface area contributed by atoms with Crippen LogP contribution in [0, 0.1) is 11.3 Å². The van der Waals surface area contributed by atoms with Crippen molar-refractivity contribution in [2.24, 2.45) is 11.3 Å². The Balaban J connectivity index is 2.68. The minimum Gasteiger partial charge on any atom is -0.462 e. The lowest BCUT2D eigenvalue weighted by Crippen LogP contribution is -2.39. The van der Waals surface area contributed by atoms with Gasteiger partial charge in [0.2, 0.25) is 0 Å². The van der Waals surface area contributed by atoms with Gasteiger partial charge in [0.1, 0.15) is 0 Å². The van der Waals surface area contributed by atoms with Gasteiger partial charge >= 0.3 is 5.97 Å². The highest BCUT2D eigenvalue weighted by molar-refractivity contribution is 5.94. The van der Waals surface area contributed by atoms with E-state index in [1.807, 2.05) is 27.7 Å². The number of allylic oxidation sites excluding steroid dienone is 3. The van der Waals surface area contributed by atoms with Crippen molar-refractivity contribution in [1.82, 2.24) is 0 Å². The maximum absolute atomic E-state index is 12.4. The van der Waals surface area contributed by atoms with E-state index in [0.29, 0.717) is 6.42 Å². The second-order valence-electron chi connectivity index (χ2n) is 7.06. The molecule has 21 heavy (non-hydrogen) atoms. The summed E-state index contributed by atoms with van der Waals surface area (Å²) < 4.78 is 5.59. The zero-order chi connectivity index (χ0) is 16.2. The molecule has 0 aromatic carbocycles. The molecule has 0 fully saturated rings. The summed E-state index contributed by atoms with van der Waals surface area (Å²) in [6.07, 6.45) is 5.78. The summed E-state index contributed by atoms with van der Waals surface area (Å²) in [6.45, 7) is 11.8. The first-order valence-corrected chi connectivity index (χ1v) is 7.68. The van der Waals surface area contributed by atoms with Crippen molar-refractivity contribution >= 4 is 11.8 Å². The van der Waals surface area contributed by atoms with Gasteiger partial charge in [-0.25, -0.2) is 0 Å². The Morgan fingerprint density at radius 1 is 1.48 bits per heavy atom. The monoisotopic (exact) mass is 292 g/mol. The Morgan fingerprint density at radius 2 is 2.10 bits per heavy atom. The standard InChI is InChI=1S/C18H28O3/c1-12(2)8-7-9-14(4)21-17(20)16-13(3)10-15(19)11-18(16,5)6/h8,10,14,16H,7,9,11H2,1-6H3. The van der Waals surface area contributed by atoms with Crippen LogP contribution in [0.5, 0.6) is 0 Å². The van der Waals surface area contributed by atoms with E-state index in [1.165, 1.54) is 5.57 Å². The van der Waals surface area contributed by atoms with Crippen molar-refractivity contribution in [2.75, 3.05) is 0 Å². The number of ketones is 1. The van der Waals surface area contributed by atoms with Gasteiger partial charge in [-0.2, -0.15) is 0 Å². The van der Waals surface area contributed by atoms with E-state index in [-0.39, 0.29) is 29.2 Å². The van der Waals surface area contributed by atoms with E-state index in [1.54, 1.807) is 6.08 Å². The Kier molecular flexibility index (Phi) is 5.94. The molecule has 2 atom stereocenters. The van der Waals surface area contributed by atoms with Crippen LogP contribution in [0.1, 0.15) is 60.8 Å². The summed E-state index contributed by atoms with van der Waals surface area (Å²) in [4.78, 5) is 24.1. The third-order valence-corrected chi connectivity index (χ3v) is 3.93. The van der Waals surface area contributed by atoms with Gasteiger partial charge in [0, 0.05) is 6.42 Å². The van der Waals surface area contributed by atoms with E-state index >= 15 is 0 Å². The zero-order valence-electron chi connectivity index (χ0n) is 14.2. The SMILES string of the molecule is CC(C)=CCCC(C)OC(=O)C1C(C)=CC(=O)CC1(C)C. The summed E-state index contributed by atoms with van der Waals surface area (Å²) >= 11 is 0. The molecule has 3 heteroatoms. The Labute approximate surface area is 128 Å². The van der Waals surface area contributed by atoms with Crippen molar-refractivity contribution in [3.05, 3.63) is 23.3 Å². The minimum absolute atomic E-state index is 0.0955. The van der Waals surface area contributed by atoms with Crippen LogP contribution in [0.4, 0.5) is 0 Å². The highest BCUT2D eigenvalue weighted by Gasteiger charge is 2.42. The Morgan fingerprint density at radius 3 is 2.62 bits per heavy atom. The molecule has 0 heterocycles. The largest absolute Gasteiger partial charge is 0.462 e. The summed E-state index contributed by atoms with van der Waals surface area (Å²) in [5.41, 5.74) is 1.73. The second kappa shape index (κ2) is 7.06. The fourth-order valence-corrected chi connectivity index (χ4v) is 2.99. The molecule has 0 aromatic heterocycles. The lowest BCUT2D eigenvalue weighted by atomic mass is 9.68. The number of carbonyl (C=O) groups excluding carboxylic acids is 2. The van der Waals surface area contributed by atoms with Crippen LogP contribution >= 0.6 is 0 Å². The molecular weight excluding hydrogens is 264 g/mol. The number of carbonyl (C=O) groups is 2. The summed E-state index contributed by atoms with van der Waals surface area (Å²) in [6, 6.07) is 0. The van der Waals surface area contributed by atoms with Crippen molar-refractivity contribution in [3.8, 4) is 0 Å². The molecule has 0 radical (unpaired) electrons. The first-order chi connectivity index (χ1) is 9.63. The molecule has 0 saturated carbocycles. The minimum atomic E-state index is -0.368. The second-order valence-corrected chi connectivity index (χ2v) is 7.06.